The van der Waals surface area contributed by atoms with Crippen LogP contribution in [0.2, 0.25) is 0 Å². The van der Waals surface area contributed by atoms with Crippen molar-refractivity contribution in [3.05, 3.63) is 73.8 Å². The minimum atomic E-state index is -1.50. The number of carbonyl (C=O) groups is 3. The molecule has 3 rings (SSSR count). The number of nitrogens with one attached hydrogen (secondary N) is 2. The number of nitro groups is 2. The summed E-state index contributed by atoms with van der Waals surface area (Å²) in [6, 6.07) is 8.42. The first kappa shape index (κ1) is 21.4. The minimum Gasteiger partial charge on any atom is -0.324 e. The summed E-state index contributed by atoms with van der Waals surface area (Å²) < 4.78 is 0. The molecule has 1 unspecified atom stereocenters. The average molecular weight is 427 g/mol. The monoisotopic (exact) mass is 427 g/mol. The number of aryl methyl sites for hydroxylation is 1. The average Bonchev–Trinajstić information content (AvgIpc) is 2.93. The van der Waals surface area contributed by atoms with Gasteiger partial charge in [0, 0.05) is 29.4 Å². The van der Waals surface area contributed by atoms with E-state index in [1.807, 2.05) is 0 Å². The van der Waals surface area contributed by atoms with Crippen LogP contribution in [-0.2, 0) is 15.1 Å². The van der Waals surface area contributed by atoms with Crippen molar-refractivity contribution in [2.75, 3.05) is 11.9 Å². The van der Waals surface area contributed by atoms with Gasteiger partial charge in [-0.25, -0.2) is 4.79 Å². The number of hydrogen-bond acceptors (Lipinski definition) is 7. The van der Waals surface area contributed by atoms with Crippen LogP contribution in [0.1, 0.15) is 18.1 Å². The van der Waals surface area contributed by atoms with Gasteiger partial charge in [-0.2, -0.15) is 0 Å². The largest absolute Gasteiger partial charge is 0.325 e. The lowest BCUT2D eigenvalue weighted by Gasteiger charge is -2.22. The van der Waals surface area contributed by atoms with Gasteiger partial charge >= 0.3 is 6.03 Å². The minimum absolute atomic E-state index is 0.146. The number of hydrogen-bond donors (Lipinski definition) is 2. The maximum Gasteiger partial charge on any atom is 0.325 e. The van der Waals surface area contributed by atoms with Gasteiger partial charge in [-0.3, -0.25) is 34.7 Å². The predicted molar refractivity (Wildman–Crippen MR) is 107 cm³/mol. The Bertz CT molecular complexity index is 1120. The third kappa shape index (κ3) is 4.03. The molecule has 0 aromatic heterocycles. The molecule has 1 aliphatic heterocycles. The first-order valence-electron chi connectivity index (χ1n) is 8.97. The van der Waals surface area contributed by atoms with Gasteiger partial charge in [-0.15, -0.1) is 0 Å². The molecule has 12 nitrogen and oxygen atoms in total. The molecule has 2 aromatic rings. The molecule has 31 heavy (non-hydrogen) atoms. The van der Waals surface area contributed by atoms with Gasteiger partial charge in [0.05, 0.1) is 9.85 Å². The Labute approximate surface area is 175 Å². The quantitative estimate of drug-likeness (QED) is 0.405. The van der Waals surface area contributed by atoms with Gasteiger partial charge in [0.2, 0.25) is 5.91 Å². The fourth-order valence-corrected chi connectivity index (χ4v) is 3.18. The van der Waals surface area contributed by atoms with Gasteiger partial charge in [0.25, 0.3) is 17.3 Å². The highest BCUT2D eigenvalue weighted by molar-refractivity contribution is 6.10. The van der Waals surface area contributed by atoms with E-state index >= 15 is 0 Å². The summed E-state index contributed by atoms with van der Waals surface area (Å²) in [4.78, 5) is 59.0. The molecule has 1 atom stereocenters. The van der Waals surface area contributed by atoms with Gasteiger partial charge < -0.3 is 10.6 Å². The maximum absolute atomic E-state index is 12.9. The Morgan fingerprint density at radius 1 is 1.10 bits per heavy atom. The number of urea groups is 1. The SMILES string of the molecule is Cc1ccc(NC(=O)CN2C(=O)NC(C)(c3ccc([N+](=O)[O-])cc3)C2=O)cc1[N+](=O)[O-]. The Balaban J connectivity index is 1.75. The molecule has 0 spiro atoms. The zero-order chi connectivity index (χ0) is 22.9. The van der Waals surface area contributed by atoms with E-state index in [1.54, 1.807) is 6.92 Å². The van der Waals surface area contributed by atoms with E-state index in [9.17, 15) is 34.6 Å². The van der Waals surface area contributed by atoms with E-state index < -0.39 is 39.8 Å². The summed E-state index contributed by atoms with van der Waals surface area (Å²) in [7, 11) is 0. The van der Waals surface area contributed by atoms with Crippen LogP contribution in [0.25, 0.3) is 0 Å². The third-order valence-electron chi connectivity index (χ3n) is 4.92. The summed E-state index contributed by atoms with van der Waals surface area (Å²) >= 11 is 0. The molecule has 0 saturated carbocycles. The molecule has 0 radical (unpaired) electrons. The van der Waals surface area contributed by atoms with Crippen LogP contribution in [0, 0.1) is 27.2 Å². The molecule has 12 heteroatoms. The van der Waals surface area contributed by atoms with Gasteiger partial charge in [-0.05, 0) is 37.6 Å². The Morgan fingerprint density at radius 3 is 2.32 bits per heavy atom. The molecule has 1 saturated heterocycles. The number of non-ortho nitro benzene ring substituents is 1. The van der Waals surface area contributed by atoms with Gasteiger partial charge in [0.15, 0.2) is 0 Å². The van der Waals surface area contributed by atoms with Crippen LogP contribution in [0.15, 0.2) is 42.5 Å². The van der Waals surface area contributed by atoms with E-state index in [0.29, 0.717) is 16.0 Å². The second-order valence-corrected chi connectivity index (χ2v) is 7.06. The van der Waals surface area contributed by atoms with Crippen molar-refractivity contribution in [2.45, 2.75) is 19.4 Å². The lowest BCUT2D eigenvalue weighted by atomic mass is 9.92. The molecule has 1 aliphatic rings. The number of nitrogens with zero attached hydrogens (tertiary/aromatic N) is 3. The molecular weight excluding hydrogens is 410 g/mol. The number of nitro benzene ring substituents is 2. The van der Waals surface area contributed by atoms with Crippen molar-refractivity contribution in [1.29, 1.82) is 0 Å². The van der Waals surface area contributed by atoms with E-state index in [-0.39, 0.29) is 17.1 Å². The molecule has 1 heterocycles. The van der Waals surface area contributed by atoms with Crippen molar-refractivity contribution in [2.24, 2.45) is 0 Å². The van der Waals surface area contributed by atoms with Gasteiger partial charge in [-0.1, -0.05) is 6.07 Å². The standard InChI is InChI=1S/C19H17N5O7/c1-11-3-6-13(9-15(11)24(30)31)20-16(25)10-22-17(26)19(2,21-18(22)27)12-4-7-14(8-5-12)23(28)29/h3-9H,10H2,1-2H3,(H,20,25)(H,21,27). The molecule has 0 aliphatic carbocycles. The predicted octanol–water partition coefficient (Wildman–Crippen LogP) is 2.22. The topological polar surface area (TPSA) is 165 Å². The normalized spacial score (nSPS) is 17.9. The smallest absolute Gasteiger partial charge is 0.324 e. The second-order valence-electron chi connectivity index (χ2n) is 7.06. The molecule has 0 bridgehead atoms. The highest BCUT2D eigenvalue weighted by Gasteiger charge is 2.49. The Kier molecular flexibility index (Phi) is 5.39. The molecule has 1 fully saturated rings. The molecular formula is C19H17N5O7. The fourth-order valence-electron chi connectivity index (χ4n) is 3.18. The Morgan fingerprint density at radius 2 is 1.74 bits per heavy atom. The lowest BCUT2D eigenvalue weighted by molar-refractivity contribution is -0.385. The second kappa shape index (κ2) is 7.82. The Hall–Kier alpha value is -4.35. The lowest BCUT2D eigenvalue weighted by Crippen LogP contribution is -2.42. The van der Waals surface area contributed by atoms with Crippen LogP contribution in [-0.4, -0.2) is 39.1 Å². The first-order chi connectivity index (χ1) is 14.5. The van der Waals surface area contributed by atoms with Crippen molar-refractivity contribution in [3.63, 3.8) is 0 Å². The van der Waals surface area contributed by atoms with Crippen LogP contribution < -0.4 is 10.6 Å². The number of benzene rings is 2. The molecule has 160 valence electrons. The van der Waals surface area contributed by atoms with Crippen LogP contribution in [0.3, 0.4) is 0 Å². The third-order valence-corrected chi connectivity index (χ3v) is 4.92. The highest BCUT2D eigenvalue weighted by atomic mass is 16.6. The number of rotatable bonds is 6. The van der Waals surface area contributed by atoms with E-state index in [1.165, 1.54) is 49.4 Å². The number of imide groups is 1. The van der Waals surface area contributed by atoms with Crippen LogP contribution >= 0.6 is 0 Å². The van der Waals surface area contributed by atoms with E-state index in [2.05, 4.69) is 10.6 Å². The number of amides is 4. The van der Waals surface area contributed by atoms with Crippen molar-refractivity contribution < 1.29 is 24.2 Å². The summed E-state index contributed by atoms with van der Waals surface area (Å²) in [5.41, 5.74) is -0.988. The highest BCUT2D eigenvalue weighted by Crippen LogP contribution is 2.30. The fraction of sp³-hybridized carbons (Fsp3) is 0.211. The first-order valence-corrected chi connectivity index (χ1v) is 8.97. The summed E-state index contributed by atoms with van der Waals surface area (Å²) in [5, 5.41) is 26.8. The van der Waals surface area contributed by atoms with Crippen molar-refractivity contribution in [1.82, 2.24) is 10.2 Å². The zero-order valence-corrected chi connectivity index (χ0v) is 16.4. The molecule has 4 amide bonds. The molecule has 2 aromatic carbocycles. The summed E-state index contributed by atoms with van der Waals surface area (Å²) in [5.74, 6) is -1.44. The van der Waals surface area contributed by atoms with Gasteiger partial charge in [0.1, 0.15) is 12.1 Å². The summed E-state index contributed by atoms with van der Waals surface area (Å²) in [6.07, 6.45) is 0. The van der Waals surface area contributed by atoms with Crippen molar-refractivity contribution in [3.8, 4) is 0 Å². The van der Waals surface area contributed by atoms with E-state index in [4.69, 9.17) is 0 Å². The number of carbonyl (C=O) groups excluding carboxylic acids is 3. The summed E-state index contributed by atoms with van der Waals surface area (Å²) in [6.45, 7) is 2.36. The maximum atomic E-state index is 12.9. The van der Waals surface area contributed by atoms with Crippen LogP contribution in [0.4, 0.5) is 21.9 Å². The zero-order valence-electron chi connectivity index (χ0n) is 16.4. The van der Waals surface area contributed by atoms with E-state index in [0.717, 1.165) is 0 Å². The van der Waals surface area contributed by atoms with Crippen molar-refractivity contribution >= 4 is 34.9 Å². The number of anilines is 1. The van der Waals surface area contributed by atoms with Crippen LogP contribution in [0.5, 0.6) is 0 Å². The molecule has 2 N–H and O–H groups in total.